The lowest BCUT2D eigenvalue weighted by Gasteiger charge is -2.32. The van der Waals surface area contributed by atoms with Gasteiger partial charge in [0.1, 0.15) is 42.2 Å². The summed E-state index contributed by atoms with van der Waals surface area (Å²) in [6.07, 6.45) is -7.12. The molecule has 2 fully saturated rings. The van der Waals surface area contributed by atoms with Gasteiger partial charge in [-0.1, -0.05) is 0 Å². The van der Waals surface area contributed by atoms with Crippen LogP contribution in [0.1, 0.15) is 37.9 Å². The second-order valence-corrected chi connectivity index (χ2v) is 7.47. The summed E-state index contributed by atoms with van der Waals surface area (Å²) in [5.41, 5.74) is 0.359. The van der Waals surface area contributed by atoms with Crippen LogP contribution in [0.4, 0.5) is 19.0 Å². The number of alkyl halides is 3. The van der Waals surface area contributed by atoms with Gasteiger partial charge in [0.15, 0.2) is 12.5 Å². The molecule has 7 atom stereocenters. The van der Waals surface area contributed by atoms with E-state index in [0.29, 0.717) is 11.5 Å². The van der Waals surface area contributed by atoms with E-state index in [1.807, 2.05) is 0 Å². The summed E-state index contributed by atoms with van der Waals surface area (Å²) < 4.78 is 54.0. The van der Waals surface area contributed by atoms with Gasteiger partial charge in [-0.25, -0.2) is 23.1 Å². The molecule has 3 N–H and O–H groups in total. The molecule has 1 aromatic heterocycles. The number of nitrogens with zero attached hydrogens (tertiary/aromatic N) is 3. The highest BCUT2D eigenvalue weighted by Gasteiger charge is 2.43. The van der Waals surface area contributed by atoms with Crippen molar-refractivity contribution in [1.29, 1.82) is 0 Å². The normalized spacial score (nSPS) is 43.0. The number of aliphatic hydroxyl groups excluding tert-OH is 2. The Bertz CT molecular complexity index is 723. The Morgan fingerprint density at radius 3 is 2.61 bits per heavy atom. The van der Waals surface area contributed by atoms with E-state index in [0.717, 1.165) is 0 Å². The van der Waals surface area contributed by atoms with E-state index < -0.39 is 55.2 Å². The molecule has 0 aromatic carbocycles. The quantitative estimate of drug-likeness (QED) is 0.702. The van der Waals surface area contributed by atoms with E-state index in [1.165, 1.54) is 17.2 Å². The Hall–Kier alpha value is -1.69. The summed E-state index contributed by atoms with van der Waals surface area (Å²) >= 11 is 0. The predicted molar refractivity (Wildman–Crippen MR) is 92.0 cm³/mol. The molecule has 1 saturated heterocycles. The van der Waals surface area contributed by atoms with Gasteiger partial charge in [0, 0.05) is 18.8 Å². The van der Waals surface area contributed by atoms with Crippen LogP contribution in [0.25, 0.3) is 0 Å². The van der Waals surface area contributed by atoms with Gasteiger partial charge in [0.05, 0.1) is 25.4 Å². The zero-order valence-electron chi connectivity index (χ0n) is 15.2. The Kier molecular flexibility index (Phi) is 5.34. The van der Waals surface area contributed by atoms with Gasteiger partial charge >= 0.3 is 0 Å². The van der Waals surface area contributed by atoms with E-state index in [4.69, 9.17) is 9.47 Å². The number of nitrogens with one attached hydrogen (secondary N) is 1. The van der Waals surface area contributed by atoms with E-state index in [1.54, 1.807) is 6.92 Å². The zero-order chi connectivity index (χ0) is 20.0. The van der Waals surface area contributed by atoms with E-state index in [9.17, 15) is 23.4 Å². The minimum Gasteiger partial charge on any atom is -0.388 e. The van der Waals surface area contributed by atoms with Gasteiger partial charge in [-0.3, -0.25) is 4.57 Å². The third-order valence-electron chi connectivity index (χ3n) is 5.56. The molecule has 11 heteroatoms. The third kappa shape index (κ3) is 3.40. The average molecular weight is 404 g/mol. The first kappa shape index (κ1) is 19.6. The highest BCUT2D eigenvalue weighted by atomic mass is 19.2. The molecule has 0 radical (unpaired) electrons. The Balaban J connectivity index is 1.47. The van der Waals surface area contributed by atoms with Gasteiger partial charge in [0.25, 0.3) is 0 Å². The van der Waals surface area contributed by atoms with Crippen LogP contribution >= 0.6 is 0 Å². The van der Waals surface area contributed by atoms with Gasteiger partial charge in [0.2, 0.25) is 0 Å². The minimum atomic E-state index is -1.62. The number of imidazole rings is 1. The van der Waals surface area contributed by atoms with Gasteiger partial charge in [-0.2, -0.15) is 0 Å². The molecule has 3 unspecified atom stereocenters. The molecule has 0 amide bonds. The Morgan fingerprint density at radius 2 is 1.96 bits per heavy atom. The maximum Gasteiger partial charge on any atom is 0.196 e. The number of anilines is 1. The number of hydrogen-bond acceptors (Lipinski definition) is 7. The van der Waals surface area contributed by atoms with Crippen molar-refractivity contribution in [2.24, 2.45) is 10.9 Å². The number of ether oxygens (including phenoxy) is 2. The third-order valence-corrected chi connectivity index (χ3v) is 5.56. The number of hydrogen-bond donors (Lipinski definition) is 3. The molecule has 1 aliphatic carbocycles. The summed E-state index contributed by atoms with van der Waals surface area (Å²) in [6, 6.07) is 0. The molecule has 1 saturated carbocycles. The van der Waals surface area contributed by atoms with Crippen molar-refractivity contribution in [3.8, 4) is 0 Å². The number of rotatable bonds is 4. The van der Waals surface area contributed by atoms with Crippen LogP contribution in [0.3, 0.4) is 0 Å². The van der Waals surface area contributed by atoms with Gasteiger partial charge < -0.3 is 25.0 Å². The molecule has 4 rings (SSSR count). The molecule has 3 aliphatic rings. The summed E-state index contributed by atoms with van der Waals surface area (Å²) in [5, 5.41) is 23.0. The van der Waals surface area contributed by atoms with Crippen LogP contribution in [0.2, 0.25) is 0 Å². The molecular weight excluding hydrogens is 381 g/mol. The largest absolute Gasteiger partial charge is 0.388 e. The van der Waals surface area contributed by atoms with Crippen molar-refractivity contribution in [2.75, 3.05) is 11.9 Å². The van der Waals surface area contributed by atoms with Crippen LogP contribution < -0.4 is 5.32 Å². The molecule has 1 aromatic rings. The number of fused-ring (bicyclic) bond motifs is 1. The first-order valence-corrected chi connectivity index (χ1v) is 9.27. The standard InChI is InChI=1S/C17H23F3N4O4/c1-7-13(25)14(26)17(28-7)24-6-23-12-15(24)21-5-22-16(12)27-4-9-10(19)2-8(18)3-11(9)20/h5-11,13-14,16-17,25-26H,2-4H2,1H3,(H,21,22)/t7-,8?,9?,10?,11?,13-,14-,16?,17-/m1/s1. The highest BCUT2D eigenvalue weighted by Crippen LogP contribution is 2.37. The van der Waals surface area contributed by atoms with Crippen LogP contribution in [-0.2, 0) is 9.47 Å². The van der Waals surface area contributed by atoms with Crippen molar-refractivity contribution in [3.63, 3.8) is 0 Å². The average Bonchev–Trinajstić information content (AvgIpc) is 3.18. The molecular formula is C17H23F3N4O4. The van der Waals surface area contributed by atoms with Gasteiger partial charge in [-0.15, -0.1) is 0 Å². The maximum absolute atomic E-state index is 14.0. The molecule has 2 aliphatic heterocycles. The first-order chi connectivity index (χ1) is 13.4. The fraction of sp³-hybridized carbons (Fsp3) is 0.765. The van der Waals surface area contributed by atoms with E-state index in [2.05, 4.69) is 15.3 Å². The molecule has 3 heterocycles. The summed E-state index contributed by atoms with van der Waals surface area (Å²) in [4.78, 5) is 8.33. The Labute approximate surface area is 159 Å². The second-order valence-electron chi connectivity index (χ2n) is 7.47. The fourth-order valence-corrected chi connectivity index (χ4v) is 3.89. The molecule has 156 valence electrons. The van der Waals surface area contributed by atoms with Crippen LogP contribution in [0.5, 0.6) is 0 Å². The first-order valence-electron chi connectivity index (χ1n) is 9.27. The number of aliphatic imine (C=N–C) groups is 1. The van der Waals surface area contributed by atoms with Crippen LogP contribution in [-0.4, -0.2) is 69.5 Å². The van der Waals surface area contributed by atoms with Gasteiger partial charge in [-0.05, 0) is 6.92 Å². The number of aromatic nitrogens is 2. The second kappa shape index (κ2) is 7.62. The predicted octanol–water partition coefficient (Wildman–Crippen LogP) is 1.42. The van der Waals surface area contributed by atoms with Crippen LogP contribution in [0, 0.1) is 5.92 Å². The van der Waals surface area contributed by atoms with Crippen molar-refractivity contribution >= 4 is 12.2 Å². The number of aliphatic hydroxyl groups is 2. The lowest BCUT2D eigenvalue weighted by Crippen LogP contribution is -2.39. The Morgan fingerprint density at radius 1 is 1.25 bits per heavy atom. The molecule has 0 spiro atoms. The van der Waals surface area contributed by atoms with Crippen LogP contribution in [0.15, 0.2) is 11.3 Å². The lowest BCUT2D eigenvalue weighted by atomic mass is 9.85. The van der Waals surface area contributed by atoms with Crippen molar-refractivity contribution < 1.29 is 32.9 Å². The summed E-state index contributed by atoms with van der Waals surface area (Å²) in [6.45, 7) is 1.38. The monoisotopic (exact) mass is 404 g/mol. The lowest BCUT2D eigenvalue weighted by molar-refractivity contribution is -0.0468. The summed E-state index contributed by atoms with van der Waals surface area (Å²) in [5.74, 6) is -0.620. The molecule has 0 bridgehead atoms. The molecule has 28 heavy (non-hydrogen) atoms. The van der Waals surface area contributed by atoms with E-state index >= 15 is 0 Å². The van der Waals surface area contributed by atoms with Crippen molar-refractivity contribution in [1.82, 2.24) is 9.55 Å². The maximum atomic E-state index is 14.0. The summed E-state index contributed by atoms with van der Waals surface area (Å²) in [7, 11) is 0. The topological polar surface area (TPSA) is 101 Å². The SMILES string of the molecule is C[C@H]1O[C@@H](n2cnc3c2NC=NC3OCC2C(F)CC(F)CC2F)[C@H](O)[C@@H]1O. The zero-order valence-corrected chi connectivity index (χ0v) is 15.2. The smallest absolute Gasteiger partial charge is 0.196 e. The molecule has 8 nitrogen and oxygen atoms in total. The highest BCUT2D eigenvalue weighted by molar-refractivity contribution is 5.77. The van der Waals surface area contributed by atoms with E-state index in [-0.39, 0.29) is 19.4 Å². The fourth-order valence-electron chi connectivity index (χ4n) is 3.89. The minimum absolute atomic E-state index is 0.262. The van der Waals surface area contributed by atoms with Crippen molar-refractivity contribution in [3.05, 3.63) is 12.0 Å². The number of halogens is 3. The van der Waals surface area contributed by atoms with Crippen molar-refractivity contribution in [2.45, 2.75) is 69.0 Å².